The highest BCUT2D eigenvalue weighted by molar-refractivity contribution is 6.31. The van der Waals surface area contributed by atoms with Crippen LogP contribution in [0, 0.1) is 20.8 Å². The molecule has 0 saturated heterocycles. The zero-order chi connectivity index (χ0) is 14.0. The average molecular weight is 279 g/mol. The van der Waals surface area contributed by atoms with Gasteiger partial charge in [-0.3, -0.25) is 4.68 Å². The summed E-state index contributed by atoms with van der Waals surface area (Å²) in [5, 5.41) is 8.39. The number of rotatable bonds is 4. The van der Waals surface area contributed by atoms with E-state index in [4.69, 9.17) is 11.6 Å². The molecule has 0 unspecified atom stereocenters. The molecule has 0 bridgehead atoms. The number of anilines is 1. The van der Waals surface area contributed by atoms with Crippen molar-refractivity contribution in [3.05, 3.63) is 39.8 Å². The van der Waals surface area contributed by atoms with Crippen molar-refractivity contribution >= 4 is 17.4 Å². The molecule has 102 valence electrons. The van der Waals surface area contributed by atoms with Gasteiger partial charge >= 0.3 is 0 Å². The van der Waals surface area contributed by atoms with Gasteiger partial charge in [0.2, 0.25) is 0 Å². The maximum Gasteiger partial charge on any atom is 0.126 e. The van der Waals surface area contributed by atoms with Crippen LogP contribution in [0.3, 0.4) is 0 Å². The van der Waals surface area contributed by atoms with Crippen LogP contribution >= 0.6 is 11.6 Å². The van der Waals surface area contributed by atoms with Crippen molar-refractivity contribution in [2.24, 2.45) is 0 Å². The van der Waals surface area contributed by atoms with E-state index in [9.17, 15) is 0 Å². The molecule has 0 aromatic carbocycles. The fraction of sp³-hybridized carbons (Fsp3) is 0.429. The molecule has 2 aromatic rings. The van der Waals surface area contributed by atoms with Gasteiger partial charge in [-0.25, -0.2) is 4.98 Å². The minimum atomic E-state index is 0.596. The SMILES string of the molecule is CCNc1ccc(Cl)c(Cn2nc(C)c(C)c2C)n1. The first-order valence-corrected chi connectivity index (χ1v) is 6.80. The van der Waals surface area contributed by atoms with E-state index in [1.807, 2.05) is 30.7 Å². The average Bonchev–Trinajstić information content (AvgIpc) is 2.62. The molecule has 0 aliphatic rings. The quantitative estimate of drug-likeness (QED) is 0.933. The van der Waals surface area contributed by atoms with Gasteiger partial charge in [-0.15, -0.1) is 0 Å². The second-order valence-electron chi connectivity index (χ2n) is 4.61. The normalized spacial score (nSPS) is 10.8. The number of halogens is 1. The van der Waals surface area contributed by atoms with Crippen LogP contribution in [0.2, 0.25) is 5.02 Å². The van der Waals surface area contributed by atoms with Gasteiger partial charge in [0.05, 0.1) is 23.0 Å². The predicted molar refractivity (Wildman–Crippen MR) is 79.0 cm³/mol. The van der Waals surface area contributed by atoms with Crippen LogP contribution in [0.1, 0.15) is 29.6 Å². The molecule has 19 heavy (non-hydrogen) atoms. The number of aryl methyl sites for hydroxylation is 1. The molecular formula is C14H19ClN4. The summed E-state index contributed by atoms with van der Waals surface area (Å²) >= 11 is 6.21. The molecule has 2 heterocycles. The van der Waals surface area contributed by atoms with E-state index >= 15 is 0 Å². The first-order valence-electron chi connectivity index (χ1n) is 6.42. The van der Waals surface area contributed by atoms with Crippen molar-refractivity contribution in [1.82, 2.24) is 14.8 Å². The van der Waals surface area contributed by atoms with Crippen molar-refractivity contribution in [3.63, 3.8) is 0 Å². The summed E-state index contributed by atoms with van der Waals surface area (Å²) < 4.78 is 1.95. The predicted octanol–water partition coefficient (Wildman–Crippen LogP) is 3.34. The number of nitrogens with one attached hydrogen (secondary N) is 1. The Labute approximate surface area is 118 Å². The van der Waals surface area contributed by atoms with E-state index in [2.05, 4.69) is 29.2 Å². The molecule has 0 amide bonds. The Morgan fingerprint density at radius 2 is 2.00 bits per heavy atom. The molecule has 0 aliphatic heterocycles. The smallest absolute Gasteiger partial charge is 0.126 e. The van der Waals surface area contributed by atoms with E-state index in [-0.39, 0.29) is 0 Å². The Hall–Kier alpha value is -1.55. The number of nitrogens with zero attached hydrogens (tertiary/aromatic N) is 3. The van der Waals surface area contributed by atoms with E-state index in [1.54, 1.807) is 0 Å². The van der Waals surface area contributed by atoms with Gasteiger partial charge in [-0.1, -0.05) is 11.6 Å². The van der Waals surface area contributed by atoms with Gasteiger partial charge in [0, 0.05) is 12.2 Å². The summed E-state index contributed by atoms with van der Waals surface area (Å²) in [6, 6.07) is 3.77. The van der Waals surface area contributed by atoms with Crippen LogP contribution in [-0.2, 0) is 6.54 Å². The second-order valence-corrected chi connectivity index (χ2v) is 5.02. The lowest BCUT2D eigenvalue weighted by atomic mass is 10.2. The molecule has 2 aromatic heterocycles. The fourth-order valence-electron chi connectivity index (χ4n) is 1.96. The first kappa shape index (κ1) is 13.9. The number of hydrogen-bond donors (Lipinski definition) is 1. The second kappa shape index (κ2) is 5.61. The highest BCUT2D eigenvalue weighted by atomic mass is 35.5. The molecule has 5 heteroatoms. The van der Waals surface area contributed by atoms with Crippen molar-refractivity contribution in [3.8, 4) is 0 Å². The van der Waals surface area contributed by atoms with E-state index in [0.717, 1.165) is 29.4 Å². The van der Waals surface area contributed by atoms with Crippen LogP contribution in [0.5, 0.6) is 0 Å². The van der Waals surface area contributed by atoms with E-state index in [0.29, 0.717) is 11.6 Å². The number of aromatic nitrogens is 3. The Balaban J connectivity index is 2.31. The summed E-state index contributed by atoms with van der Waals surface area (Å²) in [5.41, 5.74) is 4.27. The lowest BCUT2D eigenvalue weighted by Crippen LogP contribution is -2.08. The summed E-state index contributed by atoms with van der Waals surface area (Å²) in [7, 11) is 0. The summed E-state index contributed by atoms with van der Waals surface area (Å²) in [5.74, 6) is 0.847. The Morgan fingerprint density at radius 1 is 1.26 bits per heavy atom. The van der Waals surface area contributed by atoms with Gasteiger partial charge in [0.1, 0.15) is 5.82 Å². The molecule has 0 atom stereocenters. The van der Waals surface area contributed by atoms with Crippen LogP contribution in [-0.4, -0.2) is 21.3 Å². The monoisotopic (exact) mass is 278 g/mol. The molecule has 0 saturated carbocycles. The summed E-state index contributed by atoms with van der Waals surface area (Å²) in [6.45, 7) is 9.64. The lowest BCUT2D eigenvalue weighted by Gasteiger charge is -2.09. The Kier molecular flexibility index (Phi) is 4.10. The minimum absolute atomic E-state index is 0.596. The number of pyridine rings is 1. The van der Waals surface area contributed by atoms with E-state index in [1.165, 1.54) is 5.56 Å². The van der Waals surface area contributed by atoms with Gasteiger partial charge in [0.15, 0.2) is 0 Å². The molecule has 1 N–H and O–H groups in total. The van der Waals surface area contributed by atoms with Gasteiger partial charge in [-0.05, 0) is 45.4 Å². The van der Waals surface area contributed by atoms with Crippen LogP contribution in [0.4, 0.5) is 5.82 Å². The molecule has 0 spiro atoms. The standard InChI is InChI=1S/C14H19ClN4/c1-5-16-14-7-6-12(15)13(17-14)8-19-11(4)9(2)10(3)18-19/h6-7H,5,8H2,1-4H3,(H,16,17). The molecule has 0 aliphatic carbocycles. The van der Waals surface area contributed by atoms with Gasteiger partial charge in [-0.2, -0.15) is 5.10 Å². The van der Waals surface area contributed by atoms with Crippen molar-refractivity contribution in [1.29, 1.82) is 0 Å². The van der Waals surface area contributed by atoms with Gasteiger partial charge in [0.25, 0.3) is 0 Å². The summed E-state index contributed by atoms with van der Waals surface area (Å²) in [6.07, 6.45) is 0. The maximum absolute atomic E-state index is 6.21. The summed E-state index contributed by atoms with van der Waals surface area (Å²) in [4.78, 5) is 4.53. The zero-order valence-electron chi connectivity index (χ0n) is 11.8. The third kappa shape index (κ3) is 2.89. The third-order valence-electron chi connectivity index (χ3n) is 3.32. The molecule has 0 fully saturated rings. The number of hydrogen-bond acceptors (Lipinski definition) is 3. The van der Waals surface area contributed by atoms with Crippen molar-refractivity contribution in [2.45, 2.75) is 34.2 Å². The molecular weight excluding hydrogens is 260 g/mol. The largest absolute Gasteiger partial charge is 0.370 e. The lowest BCUT2D eigenvalue weighted by molar-refractivity contribution is 0.647. The van der Waals surface area contributed by atoms with Crippen LogP contribution < -0.4 is 5.32 Å². The highest BCUT2D eigenvalue weighted by Crippen LogP contribution is 2.19. The van der Waals surface area contributed by atoms with Crippen LogP contribution in [0.15, 0.2) is 12.1 Å². The fourth-order valence-corrected chi connectivity index (χ4v) is 2.12. The third-order valence-corrected chi connectivity index (χ3v) is 3.66. The minimum Gasteiger partial charge on any atom is -0.370 e. The molecule has 2 rings (SSSR count). The van der Waals surface area contributed by atoms with E-state index < -0.39 is 0 Å². The Bertz CT molecular complexity index is 589. The van der Waals surface area contributed by atoms with Crippen molar-refractivity contribution < 1.29 is 0 Å². The van der Waals surface area contributed by atoms with Gasteiger partial charge < -0.3 is 5.32 Å². The first-order chi connectivity index (χ1) is 9.02. The molecule has 0 radical (unpaired) electrons. The van der Waals surface area contributed by atoms with Crippen LogP contribution in [0.25, 0.3) is 0 Å². The maximum atomic E-state index is 6.21. The topological polar surface area (TPSA) is 42.7 Å². The molecule has 4 nitrogen and oxygen atoms in total. The van der Waals surface area contributed by atoms with Crippen molar-refractivity contribution in [2.75, 3.05) is 11.9 Å². The Morgan fingerprint density at radius 3 is 2.58 bits per heavy atom. The zero-order valence-corrected chi connectivity index (χ0v) is 12.5. The highest BCUT2D eigenvalue weighted by Gasteiger charge is 2.10.